The zero-order valence-corrected chi connectivity index (χ0v) is 13.1. The van der Waals surface area contributed by atoms with E-state index in [1.54, 1.807) is 48.2 Å². The molecule has 0 spiro atoms. The number of benzene rings is 2. The molecule has 0 N–H and O–H groups in total. The standard InChI is InChI=1S/C17H15NO3S/c1-20-16-9-14(22-2)7-8-15(16)17(19)21-11-13-6-4-3-5-12(13)10-18/h3-9H,11H2,1-2H3. The van der Waals surface area contributed by atoms with E-state index in [0.717, 1.165) is 4.90 Å². The van der Waals surface area contributed by atoms with Crippen molar-refractivity contribution >= 4 is 17.7 Å². The van der Waals surface area contributed by atoms with E-state index >= 15 is 0 Å². The summed E-state index contributed by atoms with van der Waals surface area (Å²) in [7, 11) is 1.52. The highest BCUT2D eigenvalue weighted by atomic mass is 32.2. The Kier molecular flexibility index (Phi) is 5.45. The van der Waals surface area contributed by atoms with Gasteiger partial charge in [0.1, 0.15) is 17.9 Å². The maximum absolute atomic E-state index is 12.2. The van der Waals surface area contributed by atoms with Crippen molar-refractivity contribution in [3.8, 4) is 11.8 Å². The van der Waals surface area contributed by atoms with E-state index in [2.05, 4.69) is 6.07 Å². The Morgan fingerprint density at radius 1 is 1.27 bits per heavy atom. The molecule has 0 aromatic heterocycles. The molecule has 0 atom stereocenters. The summed E-state index contributed by atoms with van der Waals surface area (Å²) in [6.07, 6.45) is 1.95. The Hall–Kier alpha value is -2.45. The molecule has 0 aliphatic carbocycles. The van der Waals surface area contributed by atoms with Gasteiger partial charge in [0.15, 0.2) is 0 Å². The lowest BCUT2D eigenvalue weighted by atomic mass is 10.1. The van der Waals surface area contributed by atoms with Gasteiger partial charge < -0.3 is 9.47 Å². The topological polar surface area (TPSA) is 59.3 Å². The predicted molar refractivity (Wildman–Crippen MR) is 85.1 cm³/mol. The lowest BCUT2D eigenvalue weighted by Gasteiger charge is -2.10. The molecule has 2 aromatic rings. The highest BCUT2D eigenvalue weighted by Crippen LogP contribution is 2.26. The van der Waals surface area contributed by atoms with Crippen LogP contribution in [-0.2, 0) is 11.3 Å². The third-order valence-electron chi connectivity index (χ3n) is 3.13. The number of nitriles is 1. The second-order valence-electron chi connectivity index (χ2n) is 4.41. The Labute approximate surface area is 133 Å². The molecule has 5 heteroatoms. The summed E-state index contributed by atoms with van der Waals surface area (Å²) in [5.74, 6) is 0.00247. The lowest BCUT2D eigenvalue weighted by Crippen LogP contribution is -2.08. The minimum atomic E-state index is -0.475. The molecule has 0 heterocycles. The van der Waals surface area contributed by atoms with Gasteiger partial charge in [0, 0.05) is 10.5 Å². The largest absolute Gasteiger partial charge is 0.496 e. The Morgan fingerprint density at radius 2 is 2.05 bits per heavy atom. The number of hydrogen-bond acceptors (Lipinski definition) is 5. The third kappa shape index (κ3) is 3.60. The Balaban J connectivity index is 2.14. The fourth-order valence-corrected chi connectivity index (χ4v) is 2.37. The average molecular weight is 313 g/mol. The number of nitrogens with zero attached hydrogens (tertiary/aromatic N) is 1. The van der Waals surface area contributed by atoms with E-state index in [1.165, 1.54) is 7.11 Å². The summed E-state index contributed by atoms with van der Waals surface area (Å²) >= 11 is 1.57. The monoisotopic (exact) mass is 313 g/mol. The van der Waals surface area contributed by atoms with Crippen molar-refractivity contribution in [2.45, 2.75) is 11.5 Å². The average Bonchev–Trinajstić information content (AvgIpc) is 2.59. The zero-order chi connectivity index (χ0) is 15.9. The van der Waals surface area contributed by atoms with Crippen molar-refractivity contribution in [2.75, 3.05) is 13.4 Å². The molecule has 112 valence electrons. The molecular weight excluding hydrogens is 298 g/mol. The van der Waals surface area contributed by atoms with E-state index < -0.39 is 5.97 Å². The number of hydrogen-bond donors (Lipinski definition) is 0. The van der Waals surface area contributed by atoms with Crippen molar-refractivity contribution in [1.82, 2.24) is 0 Å². The molecule has 22 heavy (non-hydrogen) atoms. The van der Waals surface area contributed by atoms with Gasteiger partial charge in [-0.1, -0.05) is 18.2 Å². The molecule has 2 aromatic carbocycles. The molecule has 0 aliphatic rings. The van der Waals surface area contributed by atoms with Crippen LogP contribution < -0.4 is 4.74 Å². The van der Waals surface area contributed by atoms with Crippen LogP contribution in [0.4, 0.5) is 0 Å². The first-order valence-corrected chi connectivity index (χ1v) is 7.79. The fraction of sp³-hybridized carbons (Fsp3) is 0.176. The summed E-state index contributed by atoms with van der Waals surface area (Å²) in [6.45, 7) is 0.0516. The molecule has 0 fully saturated rings. The number of rotatable bonds is 5. The van der Waals surface area contributed by atoms with E-state index in [1.807, 2.05) is 12.3 Å². The van der Waals surface area contributed by atoms with Crippen molar-refractivity contribution in [1.29, 1.82) is 5.26 Å². The molecule has 0 aliphatic heterocycles. The highest BCUT2D eigenvalue weighted by Gasteiger charge is 2.15. The number of esters is 1. The molecule has 2 rings (SSSR count). The van der Waals surface area contributed by atoms with Gasteiger partial charge in [0.2, 0.25) is 0 Å². The van der Waals surface area contributed by atoms with Gasteiger partial charge in [0.05, 0.1) is 18.7 Å². The van der Waals surface area contributed by atoms with Crippen LogP contribution in [0.15, 0.2) is 47.4 Å². The van der Waals surface area contributed by atoms with Gasteiger partial charge in [-0.25, -0.2) is 4.79 Å². The summed E-state index contributed by atoms with van der Waals surface area (Å²) in [6, 6.07) is 14.4. The van der Waals surface area contributed by atoms with Gasteiger partial charge in [-0.2, -0.15) is 5.26 Å². The van der Waals surface area contributed by atoms with Crippen molar-refractivity contribution in [3.05, 3.63) is 59.2 Å². The fourth-order valence-electron chi connectivity index (χ4n) is 1.94. The molecule has 0 amide bonds. The maximum atomic E-state index is 12.2. The van der Waals surface area contributed by atoms with Crippen molar-refractivity contribution < 1.29 is 14.3 Å². The van der Waals surface area contributed by atoms with Crippen LogP contribution in [0.3, 0.4) is 0 Å². The minimum Gasteiger partial charge on any atom is -0.496 e. The second-order valence-corrected chi connectivity index (χ2v) is 5.29. The maximum Gasteiger partial charge on any atom is 0.342 e. The molecule has 4 nitrogen and oxygen atoms in total. The first kappa shape index (κ1) is 15.9. The number of carbonyl (C=O) groups is 1. The first-order valence-electron chi connectivity index (χ1n) is 6.56. The molecule has 0 radical (unpaired) electrons. The zero-order valence-electron chi connectivity index (χ0n) is 12.3. The quantitative estimate of drug-likeness (QED) is 0.623. The second kappa shape index (κ2) is 7.53. The summed E-state index contributed by atoms with van der Waals surface area (Å²) in [4.78, 5) is 13.2. The Morgan fingerprint density at radius 3 is 2.73 bits per heavy atom. The van der Waals surface area contributed by atoms with Crippen molar-refractivity contribution in [2.24, 2.45) is 0 Å². The summed E-state index contributed by atoms with van der Waals surface area (Å²) in [5.41, 5.74) is 1.55. The van der Waals surface area contributed by atoms with Crippen LogP contribution in [0.25, 0.3) is 0 Å². The van der Waals surface area contributed by atoms with E-state index in [4.69, 9.17) is 14.7 Å². The van der Waals surface area contributed by atoms with Crippen molar-refractivity contribution in [3.63, 3.8) is 0 Å². The van der Waals surface area contributed by atoms with E-state index in [0.29, 0.717) is 22.4 Å². The van der Waals surface area contributed by atoms with Crippen LogP contribution >= 0.6 is 11.8 Å². The van der Waals surface area contributed by atoms with Gasteiger partial charge in [-0.05, 0) is 30.5 Å². The van der Waals surface area contributed by atoms with Crippen LogP contribution in [0.1, 0.15) is 21.5 Å². The predicted octanol–water partition coefficient (Wildman–Crippen LogP) is 3.65. The van der Waals surface area contributed by atoms with Gasteiger partial charge >= 0.3 is 5.97 Å². The number of carbonyl (C=O) groups excluding carboxylic acids is 1. The van der Waals surface area contributed by atoms with E-state index in [-0.39, 0.29) is 6.61 Å². The molecular formula is C17H15NO3S. The number of ether oxygens (including phenoxy) is 2. The lowest BCUT2D eigenvalue weighted by molar-refractivity contribution is 0.0468. The minimum absolute atomic E-state index is 0.0516. The molecule has 0 saturated carbocycles. The molecule has 0 bridgehead atoms. The van der Waals surface area contributed by atoms with Crippen LogP contribution in [0.2, 0.25) is 0 Å². The third-order valence-corrected chi connectivity index (χ3v) is 3.85. The molecule has 0 unspecified atom stereocenters. The van der Waals surface area contributed by atoms with Crippen LogP contribution in [0.5, 0.6) is 5.75 Å². The van der Waals surface area contributed by atoms with E-state index in [9.17, 15) is 4.79 Å². The number of thioether (sulfide) groups is 1. The smallest absolute Gasteiger partial charge is 0.342 e. The summed E-state index contributed by atoms with van der Waals surface area (Å²) < 4.78 is 10.5. The first-order chi connectivity index (χ1) is 10.7. The SMILES string of the molecule is COc1cc(SC)ccc1C(=O)OCc1ccccc1C#N. The van der Waals surface area contributed by atoms with Gasteiger partial charge in [0.25, 0.3) is 0 Å². The summed E-state index contributed by atoms with van der Waals surface area (Å²) in [5, 5.41) is 9.03. The molecule has 0 saturated heterocycles. The van der Waals surface area contributed by atoms with Gasteiger partial charge in [-0.3, -0.25) is 0 Å². The van der Waals surface area contributed by atoms with Crippen LogP contribution in [-0.4, -0.2) is 19.3 Å². The van der Waals surface area contributed by atoms with Gasteiger partial charge in [-0.15, -0.1) is 11.8 Å². The van der Waals surface area contributed by atoms with Crippen LogP contribution in [0, 0.1) is 11.3 Å². The Bertz CT molecular complexity index is 722. The highest BCUT2D eigenvalue weighted by molar-refractivity contribution is 7.98. The normalized spacial score (nSPS) is 9.86. The number of methoxy groups -OCH3 is 1.